The minimum absolute atomic E-state index is 0.285. The van der Waals surface area contributed by atoms with Crippen molar-refractivity contribution < 1.29 is 9.53 Å². The van der Waals surface area contributed by atoms with E-state index in [1.54, 1.807) is 0 Å². The summed E-state index contributed by atoms with van der Waals surface area (Å²) < 4.78 is 5.76. The molecule has 1 aliphatic rings. The second-order valence-corrected chi connectivity index (χ2v) is 4.02. The van der Waals surface area contributed by atoms with Crippen LogP contribution in [0.4, 0.5) is 5.69 Å². The molecule has 0 saturated heterocycles. The van der Waals surface area contributed by atoms with Crippen LogP contribution in [0.2, 0.25) is 0 Å². The zero-order valence-electron chi connectivity index (χ0n) is 8.78. The van der Waals surface area contributed by atoms with Crippen LogP contribution in [0.3, 0.4) is 0 Å². The molecular formula is C12H13NO2. The molecule has 1 aromatic carbocycles. The molecule has 78 valence electrons. The summed E-state index contributed by atoms with van der Waals surface area (Å²) in [4.78, 5) is 10.4. The molecule has 0 fully saturated rings. The molecule has 1 N–H and O–H groups in total. The van der Waals surface area contributed by atoms with Crippen LogP contribution < -0.4 is 10.1 Å². The summed E-state index contributed by atoms with van der Waals surface area (Å²) in [5, 5.41) is 2.65. The number of nitrogens with one attached hydrogen (secondary N) is 1. The van der Waals surface area contributed by atoms with Crippen molar-refractivity contribution in [1.29, 1.82) is 0 Å². The van der Waals surface area contributed by atoms with E-state index in [-0.39, 0.29) is 5.60 Å². The zero-order valence-corrected chi connectivity index (χ0v) is 8.78. The van der Waals surface area contributed by atoms with E-state index >= 15 is 0 Å². The zero-order chi connectivity index (χ0) is 10.9. The number of carbonyl (C=O) groups is 1. The van der Waals surface area contributed by atoms with E-state index < -0.39 is 0 Å². The molecule has 0 saturated carbocycles. The Kier molecular flexibility index (Phi) is 2.23. The van der Waals surface area contributed by atoms with Gasteiger partial charge in [0.1, 0.15) is 11.4 Å². The van der Waals surface area contributed by atoms with Crippen molar-refractivity contribution in [1.82, 2.24) is 0 Å². The molecule has 0 radical (unpaired) electrons. The topological polar surface area (TPSA) is 38.3 Å². The number of rotatable bonds is 2. The smallest absolute Gasteiger partial charge is 0.211 e. The molecule has 2 rings (SSSR count). The van der Waals surface area contributed by atoms with E-state index in [0.717, 1.165) is 17.0 Å². The average molecular weight is 203 g/mol. The first kappa shape index (κ1) is 9.77. The number of fused-ring (bicyclic) bond motifs is 1. The first-order chi connectivity index (χ1) is 7.12. The van der Waals surface area contributed by atoms with E-state index in [1.165, 1.54) is 0 Å². The predicted molar refractivity (Wildman–Crippen MR) is 59.9 cm³/mol. The van der Waals surface area contributed by atoms with Crippen molar-refractivity contribution in [2.45, 2.75) is 19.4 Å². The fourth-order valence-corrected chi connectivity index (χ4v) is 1.60. The van der Waals surface area contributed by atoms with E-state index in [9.17, 15) is 4.79 Å². The molecule has 1 amide bonds. The summed E-state index contributed by atoms with van der Waals surface area (Å²) in [6.07, 6.45) is 4.62. The molecule has 1 heterocycles. The number of benzene rings is 1. The maximum Gasteiger partial charge on any atom is 0.211 e. The monoisotopic (exact) mass is 203 g/mol. The van der Waals surface area contributed by atoms with E-state index in [0.29, 0.717) is 6.41 Å². The van der Waals surface area contributed by atoms with Crippen molar-refractivity contribution in [3.63, 3.8) is 0 Å². The molecule has 0 spiro atoms. The Morgan fingerprint density at radius 1 is 1.40 bits per heavy atom. The lowest BCUT2D eigenvalue weighted by Gasteiger charge is -2.28. The first-order valence-electron chi connectivity index (χ1n) is 4.84. The number of hydrogen-bond acceptors (Lipinski definition) is 2. The average Bonchev–Trinajstić information content (AvgIpc) is 2.16. The van der Waals surface area contributed by atoms with Crippen LogP contribution in [0.15, 0.2) is 24.3 Å². The van der Waals surface area contributed by atoms with Gasteiger partial charge in [-0.05, 0) is 38.1 Å². The lowest BCUT2D eigenvalue weighted by Crippen LogP contribution is -2.27. The molecule has 0 aliphatic carbocycles. The van der Waals surface area contributed by atoms with Crippen LogP contribution in [0.1, 0.15) is 19.4 Å². The van der Waals surface area contributed by atoms with Gasteiger partial charge in [0.25, 0.3) is 0 Å². The van der Waals surface area contributed by atoms with Gasteiger partial charge in [0.15, 0.2) is 0 Å². The number of anilines is 1. The van der Waals surface area contributed by atoms with Crippen LogP contribution in [-0.2, 0) is 4.79 Å². The fourth-order valence-electron chi connectivity index (χ4n) is 1.60. The summed E-state index contributed by atoms with van der Waals surface area (Å²) in [6.45, 7) is 3.98. The quantitative estimate of drug-likeness (QED) is 0.750. The summed E-state index contributed by atoms with van der Waals surface area (Å²) in [7, 11) is 0. The molecule has 0 bridgehead atoms. The third-order valence-corrected chi connectivity index (χ3v) is 2.30. The molecular weight excluding hydrogens is 190 g/mol. The van der Waals surface area contributed by atoms with Gasteiger partial charge in [-0.15, -0.1) is 0 Å². The Labute approximate surface area is 88.8 Å². The Balaban J connectivity index is 2.46. The summed E-state index contributed by atoms with van der Waals surface area (Å²) in [6, 6.07) is 5.61. The Morgan fingerprint density at radius 2 is 2.20 bits per heavy atom. The molecule has 0 atom stereocenters. The standard InChI is InChI=1S/C12H13NO2/c1-12(2)7-6-9-10(13-8-14)4-3-5-11(9)15-12/h3-8H,1-2H3,(H,13,14). The minimum Gasteiger partial charge on any atom is -0.483 e. The van der Waals surface area contributed by atoms with Crippen LogP contribution >= 0.6 is 0 Å². The maximum atomic E-state index is 10.4. The van der Waals surface area contributed by atoms with Gasteiger partial charge in [-0.3, -0.25) is 4.79 Å². The molecule has 0 aromatic heterocycles. The van der Waals surface area contributed by atoms with Crippen LogP contribution in [0.25, 0.3) is 6.08 Å². The second-order valence-electron chi connectivity index (χ2n) is 4.02. The van der Waals surface area contributed by atoms with Crippen LogP contribution in [-0.4, -0.2) is 12.0 Å². The third kappa shape index (κ3) is 1.86. The highest BCUT2D eigenvalue weighted by Crippen LogP contribution is 2.34. The van der Waals surface area contributed by atoms with Crippen LogP contribution in [0, 0.1) is 0 Å². The molecule has 0 unspecified atom stereocenters. The van der Waals surface area contributed by atoms with Crippen molar-refractivity contribution in [3.8, 4) is 5.75 Å². The third-order valence-electron chi connectivity index (χ3n) is 2.30. The number of hydrogen-bond donors (Lipinski definition) is 1. The van der Waals surface area contributed by atoms with Crippen molar-refractivity contribution in [2.24, 2.45) is 0 Å². The van der Waals surface area contributed by atoms with Gasteiger partial charge in [0.05, 0.1) is 5.69 Å². The molecule has 3 heteroatoms. The highest BCUT2D eigenvalue weighted by atomic mass is 16.5. The Morgan fingerprint density at radius 3 is 2.93 bits per heavy atom. The minimum atomic E-state index is -0.285. The second kappa shape index (κ2) is 3.42. The van der Waals surface area contributed by atoms with Crippen molar-refractivity contribution >= 4 is 18.2 Å². The van der Waals surface area contributed by atoms with Crippen molar-refractivity contribution in [3.05, 3.63) is 29.8 Å². The number of carbonyl (C=O) groups excluding carboxylic acids is 1. The van der Waals surface area contributed by atoms with Gasteiger partial charge < -0.3 is 10.1 Å². The first-order valence-corrected chi connectivity index (χ1v) is 4.84. The van der Waals surface area contributed by atoms with Gasteiger partial charge in [0.2, 0.25) is 6.41 Å². The SMILES string of the molecule is CC1(C)C=Cc2c(NC=O)cccc2O1. The molecule has 3 nitrogen and oxygen atoms in total. The fraction of sp³-hybridized carbons (Fsp3) is 0.250. The van der Waals surface area contributed by atoms with Gasteiger partial charge in [-0.2, -0.15) is 0 Å². The van der Waals surface area contributed by atoms with E-state index in [2.05, 4.69) is 5.32 Å². The van der Waals surface area contributed by atoms with Gasteiger partial charge in [0, 0.05) is 5.56 Å². The Bertz CT molecular complexity index is 422. The summed E-state index contributed by atoms with van der Waals surface area (Å²) >= 11 is 0. The summed E-state index contributed by atoms with van der Waals surface area (Å²) in [5.74, 6) is 0.800. The van der Waals surface area contributed by atoms with Crippen molar-refractivity contribution in [2.75, 3.05) is 5.32 Å². The largest absolute Gasteiger partial charge is 0.483 e. The molecule has 15 heavy (non-hydrogen) atoms. The lowest BCUT2D eigenvalue weighted by molar-refractivity contribution is -0.105. The number of ether oxygens (including phenoxy) is 1. The highest BCUT2D eigenvalue weighted by molar-refractivity contribution is 5.81. The normalized spacial score (nSPS) is 16.4. The maximum absolute atomic E-state index is 10.4. The lowest BCUT2D eigenvalue weighted by atomic mass is 10.0. The van der Waals surface area contributed by atoms with Gasteiger partial charge in [-0.25, -0.2) is 0 Å². The molecule has 1 aliphatic heterocycles. The predicted octanol–water partition coefficient (Wildman–Crippen LogP) is 2.44. The van der Waals surface area contributed by atoms with Crippen LogP contribution in [0.5, 0.6) is 5.75 Å². The Hall–Kier alpha value is -1.77. The highest BCUT2D eigenvalue weighted by Gasteiger charge is 2.22. The molecule has 1 aromatic rings. The summed E-state index contributed by atoms with van der Waals surface area (Å²) in [5.41, 5.74) is 1.41. The van der Waals surface area contributed by atoms with E-state index in [1.807, 2.05) is 44.2 Å². The van der Waals surface area contributed by atoms with E-state index in [4.69, 9.17) is 4.74 Å². The van der Waals surface area contributed by atoms with Gasteiger partial charge in [-0.1, -0.05) is 6.07 Å². The number of amides is 1. The van der Waals surface area contributed by atoms with Gasteiger partial charge >= 0.3 is 0 Å².